The van der Waals surface area contributed by atoms with Crippen molar-refractivity contribution in [2.24, 2.45) is 0 Å². The van der Waals surface area contributed by atoms with E-state index in [0.717, 1.165) is 0 Å². The summed E-state index contributed by atoms with van der Waals surface area (Å²) in [4.78, 5) is 11.1. The lowest BCUT2D eigenvalue weighted by Crippen LogP contribution is -2.02. The summed E-state index contributed by atoms with van der Waals surface area (Å²) in [5, 5.41) is 0. The van der Waals surface area contributed by atoms with E-state index >= 15 is 0 Å². The van der Waals surface area contributed by atoms with Crippen LogP contribution in [0.5, 0.6) is 5.75 Å². The number of rotatable bonds is 4. The van der Waals surface area contributed by atoms with Crippen molar-refractivity contribution in [3.8, 4) is 5.75 Å². The van der Waals surface area contributed by atoms with E-state index in [1.54, 1.807) is 25.1 Å². The predicted octanol–water partition coefficient (Wildman–Crippen LogP) is 2.86. The fraction of sp³-hybridized carbons (Fsp3) is 0.250. The third-order valence-corrected chi connectivity index (χ3v) is 2.00. The van der Waals surface area contributed by atoms with E-state index in [4.69, 9.17) is 0 Å². The van der Waals surface area contributed by atoms with Crippen LogP contribution in [0, 0.1) is 0 Å². The number of hydrogen-bond donors (Lipinski definition) is 0. The van der Waals surface area contributed by atoms with Gasteiger partial charge >= 0.3 is 12.6 Å². The van der Waals surface area contributed by atoms with Crippen LogP contribution in [0.15, 0.2) is 29.8 Å². The zero-order valence-electron chi connectivity index (χ0n) is 9.44. The molecule has 1 aromatic carbocycles. The molecule has 0 spiro atoms. The number of alkyl halides is 2. The summed E-state index contributed by atoms with van der Waals surface area (Å²) < 4.78 is 32.5. The van der Waals surface area contributed by atoms with Gasteiger partial charge in [-0.15, -0.1) is 0 Å². The van der Waals surface area contributed by atoms with Crippen molar-refractivity contribution in [3.05, 3.63) is 35.4 Å². The second-order valence-electron chi connectivity index (χ2n) is 3.27. The molecular formula is C12H12F2O3. The summed E-state index contributed by atoms with van der Waals surface area (Å²) in [5.74, 6) is -0.356. The van der Waals surface area contributed by atoms with Gasteiger partial charge in [0.15, 0.2) is 0 Å². The maximum absolute atomic E-state index is 11.9. The van der Waals surface area contributed by atoms with Crippen molar-refractivity contribution in [2.75, 3.05) is 7.11 Å². The smallest absolute Gasteiger partial charge is 0.387 e. The number of carbonyl (C=O) groups excluding carboxylic acids is 1. The molecule has 0 unspecified atom stereocenters. The fourth-order valence-electron chi connectivity index (χ4n) is 1.22. The minimum absolute atomic E-state index is 0.0767. The molecule has 1 aromatic rings. The summed E-state index contributed by atoms with van der Waals surface area (Å²) in [6.07, 6.45) is 1.60. The number of carbonyl (C=O) groups is 1. The van der Waals surface area contributed by atoms with Gasteiger partial charge in [0.1, 0.15) is 5.75 Å². The van der Waals surface area contributed by atoms with Crippen molar-refractivity contribution in [3.63, 3.8) is 0 Å². The molecule has 0 amide bonds. The van der Waals surface area contributed by atoms with Crippen LogP contribution in [-0.4, -0.2) is 19.7 Å². The average Bonchev–Trinajstić information content (AvgIpc) is 2.30. The van der Waals surface area contributed by atoms with E-state index in [-0.39, 0.29) is 5.75 Å². The zero-order valence-corrected chi connectivity index (χ0v) is 9.44. The molecule has 5 heteroatoms. The van der Waals surface area contributed by atoms with Crippen molar-refractivity contribution >= 4 is 12.0 Å². The first-order chi connectivity index (χ1) is 8.02. The Morgan fingerprint density at radius 1 is 1.29 bits per heavy atom. The molecule has 17 heavy (non-hydrogen) atoms. The van der Waals surface area contributed by atoms with E-state index in [1.165, 1.54) is 19.2 Å². The number of esters is 1. The Kier molecular flexibility index (Phi) is 4.63. The first-order valence-electron chi connectivity index (χ1n) is 4.84. The first kappa shape index (κ1) is 13.2. The number of benzene rings is 1. The highest BCUT2D eigenvalue weighted by Gasteiger charge is 2.05. The molecule has 0 atom stereocenters. The third kappa shape index (κ3) is 4.22. The molecule has 0 fully saturated rings. The summed E-state index contributed by atoms with van der Waals surface area (Å²) >= 11 is 0. The summed E-state index contributed by atoms with van der Waals surface area (Å²) in [6.45, 7) is -1.23. The van der Waals surface area contributed by atoms with Gasteiger partial charge in [-0.05, 0) is 30.7 Å². The van der Waals surface area contributed by atoms with E-state index < -0.39 is 12.6 Å². The molecule has 0 bridgehead atoms. The predicted molar refractivity (Wildman–Crippen MR) is 58.7 cm³/mol. The Balaban J connectivity index is 2.78. The van der Waals surface area contributed by atoms with E-state index in [0.29, 0.717) is 11.1 Å². The van der Waals surface area contributed by atoms with Crippen molar-refractivity contribution in [1.29, 1.82) is 0 Å². The molecule has 1 rings (SSSR count). The SMILES string of the molecule is COC(=O)/C(C)=C/c1ccc(OC(F)F)cc1. The minimum Gasteiger partial charge on any atom is -0.466 e. The largest absolute Gasteiger partial charge is 0.466 e. The molecule has 0 radical (unpaired) electrons. The molecule has 0 aliphatic carbocycles. The normalized spacial score (nSPS) is 11.5. The zero-order chi connectivity index (χ0) is 12.8. The topological polar surface area (TPSA) is 35.5 Å². The summed E-state index contributed by atoms with van der Waals surface area (Å²) in [5.41, 5.74) is 1.13. The lowest BCUT2D eigenvalue weighted by molar-refractivity contribution is -0.135. The lowest BCUT2D eigenvalue weighted by Gasteiger charge is -2.04. The standard InChI is InChI=1S/C12H12F2O3/c1-8(11(15)16-2)7-9-3-5-10(6-4-9)17-12(13)14/h3-7,12H,1-2H3/b8-7+. The van der Waals surface area contributed by atoms with Gasteiger partial charge in [-0.2, -0.15) is 8.78 Å². The highest BCUT2D eigenvalue weighted by atomic mass is 19.3. The molecule has 0 aromatic heterocycles. The van der Waals surface area contributed by atoms with E-state index in [2.05, 4.69) is 9.47 Å². The van der Waals surface area contributed by atoms with E-state index in [9.17, 15) is 13.6 Å². The molecule has 0 saturated carbocycles. The molecule has 0 heterocycles. The Hall–Kier alpha value is -1.91. The van der Waals surface area contributed by atoms with E-state index in [1.807, 2.05) is 0 Å². The van der Waals surface area contributed by atoms with Crippen LogP contribution in [0.3, 0.4) is 0 Å². The van der Waals surface area contributed by atoms with Crippen LogP contribution in [-0.2, 0) is 9.53 Å². The highest BCUT2D eigenvalue weighted by molar-refractivity contribution is 5.92. The lowest BCUT2D eigenvalue weighted by atomic mass is 10.1. The number of methoxy groups -OCH3 is 1. The van der Waals surface area contributed by atoms with Crippen LogP contribution in [0.4, 0.5) is 8.78 Å². The summed E-state index contributed by atoms with van der Waals surface area (Å²) in [7, 11) is 1.29. The Morgan fingerprint density at radius 2 is 1.88 bits per heavy atom. The monoisotopic (exact) mass is 242 g/mol. The van der Waals surface area contributed by atoms with Gasteiger partial charge in [-0.3, -0.25) is 0 Å². The molecule has 92 valence electrons. The molecule has 3 nitrogen and oxygen atoms in total. The molecular weight excluding hydrogens is 230 g/mol. The number of ether oxygens (including phenoxy) is 2. The molecule has 0 aliphatic heterocycles. The Labute approximate surface area is 97.7 Å². The van der Waals surface area contributed by atoms with Gasteiger partial charge in [-0.1, -0.05) is 12.1 Å². The van der Waals surface area contributed by atoms with Gasteiger partial charge in [0.25, 0.3) is 0 Å². The molecule has 0 saturated heterocycles. The highest BCUT2D eigenvalue weighted by Crippen LogP contribution is 2.16. The van der Waals surface area contributed by atoms with Gasteiger partial charge < -0.3 is 9.47 Å². The summed E-state index contributed by atoms with van der Waals surface area (Å²) in [6, 6.07) is 5.96. The molecule has 0 aliphatic rings. The minimum atomic E-state index is -2.84. The maximum atomic E-state index is 11.9. The van der Waals surface area contributed by atoms with Crippen LogP contribution < -0.4 is 4.74 Å². The van der Waals surface area contributed by atoms with Crippen molar-refractivity contribution < 1.29 is 23.0 Å². The van der Waals surface area contributed by atoms with Crippen molar-refractivity contribution in [1.82, 2.24) is 0 Å². The maximum Gasteiger partial charge on any atom is 0.387 e. The fourth-order valence-corrected chi connectivity index (χ4v) is 1.22. The van der Waals surface area contributed by atoms with Gasteiger partial charge in [0.05, 0.1) is 7.11 Å². The van der Waals surface area contributed by atoms with Crippen LogP contribution in [0.2, 0.25) is 0 Å². The molecule has 0 N–H and O–H groups in total. The van der Waals surface area contributed by atoms with Gasteiger partial charge in [0, 0.05) is 5.57 Å². The van der Waals surface area contributed by atoms with Crippen LogP contribution >= 0.6 is 0 Å². The number of halogens is 2. The van der Waals surface area contributed by atoms with Gasteiger partial charge in [-0.25, -0.2) is 4.79 Å². The first-order valence-corrected chi connectivity index (χ1v) is 4.84. The Morgan fingerprint density at radius 3 is 2.35 bits per heavy atom. The Bertz CT molecular complexity index is 410. The van der Waals surface area contributed by atoms with Crippen LogP contribution in [0.25, 0.3) is 6.08 Å². The van der Waals surface area contributed by atoms with Crippen LogP contribution in [0.1, 0.15) is 12.5 Å². The van der Waals surface area contributed by atoms with Crippen molar-refractivity contribution in [2.45, 2.75) is 13.5 Å². The average molecular weight is 242 g/mol. The quantitative estimate of drug-likeness (QED) is 0.601. The third-order valence-electron chi connectivity index (χ3n) is 2.00. The van der Waals surface area contributed by atoms with Gasteiger partial charge in [0.2, 0.25) is 0 Å². The second kappa shape index (κ2) is 5.98. The number of hydrogen-bond acceptors (Lipinski definition) is 3. The second-order valence-corrected chi connectivity index (χ2v) is 3.27.